The Balaban J connectivity index is 1.05. The van der Waals surface area contributed by atoms with Crippen molar-refractivity contribution in [3.63, 3.8) is 0 Å². The quantitative estimate of drug-likeness (QED) is 0.289. The smallest absolute Gasteiger partial charge is 0.253 e. The predicted molar refractivity (Wildman–Crippen MR) is 157 cm³/mol. The average Bonchev–Trinajstić information content (AvgIpc) is 3.81. The van der Waals surface area contributed by atoms with E-state index < -0.39 is 10.9 Å². The first-order valence-corrected chi connectivity index (χ1v) is 14.6. The molecule has 2 aliphatic heterocycles. The van der Waals surface area contributed by atoms with Crippen molar-refractivity contribution in [1.82, 2.24) is 14.8 Å². The van der Waals surface area contributed by atoms with Crippen molar-refractivity contribution in [2.45, 2.75) is 63.7 Å². The number of rotatable bonds is 9. The number of likely N-dealkylation sites (tertiary alicyclic amines) is 1. The monoisotopic (exact) mass is 564 g/mol. The summed E-state index contributed by atoms with van der Waals surface area (Å²) in [4.78, 5) is 35.6. The maximum absolute atomic E-state index is 14.2. The maximum Gasteiger partial charge on any atom is 0.253 e. The average molecular weight is 565 g/mol. The van der Waals surface area contributed by atoms with Crippen LogP contribution in [0.3, 0.4) is 0 Å². The van der Waals surface area contributed by atoms with Gasteiger partial charge in [0, 0.05) is 62.0 Å². The summed E-state index contributed by atoms with van der Waals surface area (Å²) in [6, 6.07) is 6.93. The zero-order chi connectivity index (χ0) is 28.7. The second-order valence-electron chi connectivity index (χ2n) is 11.5. The summed E-state index contributed by atoms with van der Waals surface area (Å²) >= 11 is 0. The number of anilines is 4. The minimum Gasteiger partial charge on any atom is -0.508 e. The lowest BCUT2D eigenvalue weighted by Gasteiger charge is -2.47. The van der Waals surface area contributed by atoms with Gasteiger partial charge in [0.1, 0.15) is 22.9 Å². The standard InChI is InChI=1S/C30H37FN6O4/c1-2-21-17-36(11-12-37(21)22-7-9-35(10-8-22)16-18-3-6-23(38)14-24(18)31)30-25(39)13-20(15-32-30)34-27-26(28(40)29(27)41)33-19-4-5-19/h3,6,13-15,19,21-22,33-34,38-39H,2,4-5,7-12,16-17H2,1H3/t21-/m0/s1. The summed E-state index contributed by atoms with van der Waals surface area (Å²) < 4.78 is 14.2. The third kappa shape index (κ3) is 5.73. The SMILES string of the molecule is CC[C@H]1CN(c2ncc(Nc3c(NC4CC4)c(=O)c3=O)cc2O)CCN1C1CCN(Cc2ccc(O)cc2F)CC1. The van der Waals surface area contributed by atoms with Crippen molar-refractivity contribution < 1.29 is 14.6 Å². The van der Waals surface area contributed by atoms with E-state index in [2.05, 4.69) is 37.2 Å². The van der Waals surface area contributed by atoms with Gasteiger partial charge in [-0.2, -0.15) is 0 Å². The highest BCUT2D eigenvalue weighted by atomic mass is 19.1. The molecule has 4 N–H and O–H groups in total. The molecule has 0 unspecified atom stereocenters. The first-order valence-electron chi connectivity index (χ1n) is 14.6. The Kier molecular flexibility index (Phi) is 7.56. The molecule has 218 valence electrons. The highest BCUT2D eigenvalue weighted by Gasteiger charge is 2.34. The molecule has 3 aliphatic rings. The number of aromatic hydroxyl groups is 2. The molecule has 0 radical (unpaired) electrons. The Morgan fingerprint density at radius 3 is 2.44 bits per heavy atom. The number of piperazine rings is 1. The highest BCUT2D eigenvalue weighted by Crippen LogP contribution is 2.34. The van der Waals surface area contributed by atoms with Crippen LogP contribution in [-0.4, -0.2) is 75.8 Å². The van der Waals surface area contributed by atoms with Crippen LogP contribution in [-0.2, 0) is 6.54 Å². The van der Waals surface area contributed by atoms with Crippen LogP contribution in [0.25, 0.3) is 0 Å². The molecule has 11 heteroatoms. The number of phenolic OH excluding ortho intramolecular Hbond substituents is 1. The van der Waals surface area contributed by atoms with Crippen LogP contribution >= 0.6 is 0 Å². The van der Waals surface area contributed by atoms with Gasteiger partial charge in [0.25, 0.3) is 10.9 Å². The number of benzene rings is 1. The fraction of sp³-hybridized carbons (Fsp3) is 0.500. The number of halogens is 1. The van der Waals surface area contributed by atoms with Crippen LogP contribution in [0.1, 0.15) is 44.6 Å². The number of phenols is 1. The predicted octanol–water partition coefficient (Wildman–Crippen LogP) is 3.11. The van der Waals surface area contributed by atoms with E-state index in [0.29, 0.717) is 41.4 Å². The molecule has 0 spiro atoms. The zero-order valence-corrected chi connectivity index (χ0v) is 23.3. The van der Waals surface area contributed by atoms with E-state index in [1.807, 2.05) is 0 Å². The molecule has 3 fully saturated rings. The van der Waals surface area contributed by atoms with E-state index in [1.165, 1.54) is 12.1 Å². The Morgan fingerprint density at radius 2 is 1.76 bits per heavy atom. The lowest BCUT2D eigenvalue weighted by molar-refractivity contribution is 0.0606. The third-order valence-electron chi connectivity index (χ3n) is 8.71. The largest absolute Gasteiger partial charge is 0.508 e. The van der Waals surface area contributed by atoms with Gasteiger partial charge in [0.15, 0.2) is 11.6 Å². The molecular formula is C30H37FN6O4. The van der Waals surface area contributed by atoms with E-state index in [1.54, 1.807) is 18.3 Å². The number of aromatic nitrogens is 1. The molecule has 2 saturated heterocycles. The number of piperidine rings is 1. The van der Waals surface area contributed by atoms with Gasteiger partial charge in [-0.1, -0.05) is 13.0 Å². The van der Waals surface area contributed by atoms with Crippen LogP contribution in [0.4, 0.5) is 27.3 Å². The number of hydrogen-bond donors (Lipinski definition) is 4. The van der Waals surface area contributed by atoms with E-state index in [9.17, 15) is 24.2 Å². The van der Waals surface area contributed by atoms with Gasteiger partial charge in [0.05, 0.1) is 11.9 Å². The molecule has 1 atom stereocenters. The molecule has 3 heterocycles. The number of nitrogens with zero attached hydrogens (tertiary/aromatic N) is 4. The maximum atomic E-state index is 14.2. The molecule has 1 saturated carbocycles. The van der Waals surface area contributed by atoms with E-state index >= 15 is 0 Å². The second kappa shape index (κ2) is 11.3. The number of pyridine rings is 1. The molecule has 41 heavy (non-hydrogen) atoms. The Labute approximate surface area is 238 Å². The van der Waals surface area contributed by atoms with Gasteiger partial charge in [-0.3, -0.25) is 19.4 Å². The lowest BCUT2D eigenvalue weighted by Crippen LogP contribution is -2.58. The van der Waals surface area contributed by atoms with Crippen molar-refractivity contribution in [2.75, 3.05) is 48.3 Å². The fourth-order valence-corrected chi connectivity index (χ4v) is 6.20. The Morgan fingerprint density at radius 1 is 1.00 bits per heavy atom. The number of hydrogen-bond acceptors (Lipinski definition) is 10. The van der Waals surface area contributed by atoms with E-state index in [0.717, 1.165) is 64.8 Å². The van der Waals surface area contributed by atoms with Crippen LogP contribution in [0.2, 0.25) is 0 Å². The molecule has 0 bridgehead atoms. The molecule has 2 aromatic carbocycles. The highest BCUT2D eigenvalue weighted by molar-refractivity contribution is 5.79. The van der Waals surface area contributed by atoms with Crippen molar-refractivity contribution in [1.29, 1.82) is 0 Å². The van der Waals surface area contributed by atoms with Crippen LogP contribution in [0.15, 0.2) is 40.1 Å². The summed E-state index contributed by atoms with van der Waals surface area (Å²) in [7, 11) is 0. The molecule has 1 aromatic heterocycles. The van der Waals surface area contributed by atoms with Gasteiger partial charge in [-0.05, 0) is 51.3 Å². The van der Waals surface area contributed by atoms with E-state index in [4.69, 9.17) is 0 Å². The molecule has 0 amide bonds. The third-order valence-corrected chi connectivity index (χ3v) is 8.71. The number of nitrogens with one attached hydrogen (secondary N) is 2. The first-order chi connectivity index (χ1) is 19.8. The van der Waals surface area contributed by atoms with Crippen LogP contribution in [0, 0.1) is 5.82 Å². The summed E-state index contributed by atoms with van der Waals surface area (Å²) in [5.74, 6) is 0.125. The van der Waals surface area contributed by atoms with Crippen LogP contribution < -0.4 is 26.4 Å². The minimum absolute atomic E-state index is 0.0310. The minimum atomic E-state index is -0.558. The van der Waals surface area contributed by atoms with Gasteiger partial charge in [0.2, 0.25) is 0 Å². The summed E-state index contributed by atoms with van der Waals surface area (Å²) in [5, 5.41) is 26.4. The molecular weight excluding hydrogens is 527 g/mol. The topological polar surface area (TPSA) is 121 Å². The van der Waals surface area contributed by atoms with Gasteiger partial charge >= 0.3 is 0 Å². The van der Waals surface area contributed by atoms with Gasteiger partial charge in [-0.15, -0.1) is 0 Å². The van der Waals surface area contributed by atoms with Gasteiger partial charge < -0.3 is 25.7 Å². The Bertz CT molecular complexity index is 1480. The first kappa shape index (κ1) is 27.5. The normalized spacial score (nSPS) is 20.9. The van der Waals surface area contributed by atoms with Crippen molar-refractivity contribution in [3.05, 3.63) is 62.3 Å². The van der Waals surface area contributed by atoms with Crippen molar-refractivity contribution in [3.8, 4) is 11.5 Å². The zero-order valence-electron chi connectivity index (χ0n) is 23.3. The molecule has 10 nitrogen and oxygen atoms in total. The van der Waals surface area contributed by atoms with Gasteiger partial charge in [-0.25, -0.2) is 9.37 Å². The van der Waals surface area contributed by atoms with Crippen molar-refractivity contribution >= 4 is 22.9 Å². The molecule has 6 rings (SSSR count). The summed E-state index contributed by atoms with van der Waals surface area (Å²) in [6.07, 6.45) is 6.55. The summed E-state index contributed by atoms with van der Waals surface area (Å²) in [5.41, 5.74) is 0.554. The summed E-state index contributed by atoms with van der Waals surface area (Å²) in [6.45, 7) is 6.84. The van der Waals surface area contributed by atoms with Crippen LogP contribution in [0.5, 0.6) is 11.5 Å². The lowest BCUT2D eigenvalue weighted by atomic mass is 9.97. The van der Waals surface area contributed by atoms with Crippen molar-refractivity contribution in [2.24, 2.45) is 0 Å². The molecule has 1 aliphatic carbocycles. The Hall–Kier alpha value is -3.70. The molecule has 3 aromatic rings. The van der Waals surface area contributed by atoms with E-state index in [-0.39, 0.29) is 29.0 Å². The fourth-order valence-electron chi connectivity index (χ4n) is 6.20. The second-order valence-corrected chi connectivity index (χ2v) is 11.5.